The lowest BCUT2D eigenvalue weighted by Gasteiger charge is -2.13. The van der Waals surface area contributed by atoms with Crippen molar-refractivity contribution in [3.63, 3.8) is 0 Å². The Morgan fingerprint density at radius 3 is 2.65 bits per heavy atom. The van der Waals surface area contributed by atoms with Crippen molar-refractivity contribution in [1.82, 2.24) is 4.90 Å². The molecule has 7 nitrogen and oxygen atoms in total. The van der Waals surface area contributed by atoms with E-state index in [-0.39, 0.29) is 11.4 Å². The van der Waals surface area contributed by atoms with Gasteiger partial charge in [-0.2, -0.15) is 0 Å². The van der Waals surface area contributed by atoms with E-state index >= 15 is 0 Å². The molecule has 1 saturated heterocycles. The van der Waals surface area contributed by atoms with E-state index in [0.29, 0.717) is 5.56 Å². The van der Waals surface area contributed by atoms with E-state index in [2.05, 4.69) is 15.9 Å². The molecule has 9 heteroatoms. The number of phenols is 1. The van der Waals surface area contributed by atoms with Crippen molar-refractivity contribution in [2.45, 2.75) is 6.54 Å². The van der Waals surface area contributed by atoms with Gasteiger partial charge in [0.15, 0.2) is 5.75 Å². The van der Waals surface area contributed by atoms with Crippen LogP contribution in [0.25, 0.3) is 6.08 Å². The minimum Gasteiger partial charge on any atom is -0.502 e. The standard InChI is InChI=1S/C17H11BrN2O5S/c18-12-4-2-1-3-11(12)9-19-16(22)15(26-17(19)23)8-10-5-6-14(21)13(7-10)20(24)25/h1-8,21H,9H2/b15-8-. The Hall–Kier alpha value is -2.65. The number of thioether (sulfide) groups is 1. The molecule has 2 aromatic rings. The number of nitro groups is 1. The van der Waals surface area contributed by atoms with Gasteiger partial charge in [-0.25, -0.2) is 0 Å². The van der Waals surface area contributed by atoms with Gasteiger partial charge >= 0.3 is 5.69 Å². The van der Waals surface area contributed by atoms with Gasteiger partial charge in [0, 0.05) is 10.5 Å². The predicted molar refractivity (Wildman–Crippen MR) is 100 cm³/mol. The maximum absolute atomic E-state index is 12.5. The zero-order valence-electron chi connectivity index (χ0n) is 13.1. The number of benzene rings is 2. The van der Waals surface area contributed by atoms with Gasteiger partial charge in [-0.1, -0.05) is 40.2 Å². The summed E-state index contributed by atoms with van der Waals surface area (Å²) in [5.41, 5.74) is 0.670. The van der Waals surface area contributed by atoms with Gasteiger partial charge in [-0.3, -0.25) is 24.6 Å². The third-order valence-corrected chi connectivity index (χ3v) is 5.33. The zero-order valence-corrected chi connectivity index (χ0v) is 15.5. The van der Waals surface area contributed by atoms with Gasteiger partial charge in [0.1, 0.15) is 0 Å². The normalized spacial score (nSPS) is 15.7. The number of aromatic hydroxyl groups is 1. The van der Waals surface area contributed by atoms with E-state index in [1.807, 2.05) is 18.2 Å². The van der Waals surface area contributed by atoms with Gasteiger partial charge < -0.3 is 5.11 Å². The van der Waals surface area contributed by atoms with E-state index < -0.39 is 27.5 Å². The van der Waals surface area contributed by atoms with Crippen LogP contribution in [0, 0.1) is 10.1 Å². The SMILES string of the molecule is O=C1S/C(=C\c2ccc(O)c([N+](=O)[O-])c2)C(=O)N1Cc1ccccc1Br. The first-order chi connectivity index (χ1) is 12.4. The molecule has 1 aliphatic heterocycles. The molecule has 3 rings (SSSR count). The number of hydrogen-bond donors (Lipinski definition) is 1. The lowest BCUT2D eigenvalue weighted by Crippen LogP contribution is -2.27. The predicted octanol–water partition coefficient (Wildman–Crippen LogP) is 4.30. The van der Waals surface area contributed by atoms with Gasteiger partial charge in [-0.05, 0) is 41.1 Å². The molecule has 2 aromatic carbocycles. The molecule has 0 unspecified atom stereocenters. The molecule has 0 bridgehead atoms. The Morgan fingerprint density at radius 1 is 1.23 bits per heavy atom. The molecular formula is C17H11BrN2O5S. The lowest BCUT2D eigenvalue weighted by molar-refractivity contribution is -0.385. The molecule has 1 heterocycles. The third kappa shape index (κ3) is 3.63. The Morgan fingerprint density at radius 2 is 1.96 bits per heavy atom. The van der Waals surface area contributed by atoms with Crippen LogP contribution in [0.3, 0.4) is 0 Å². The minimum atomic E-state index is -0.717. The highest BCUT2D eigenvalue weighted by Crippen LogP contribution is 2.35. The summed E-state index contributed by atoms with van der Waals surface area (Å²) in [5, 5.41) is 20.0. The summed E-state index contributed by atoms with van der Waals surface area (Å²) in [7, 11) is 0. The second kappa shape index (κ2) is 7.30. The maximum Gasteiger partial charge on any atom is 0.311 e. The molecule has 1 aliphatic rings. The van der Waals surface area contributed by atoms with Crippen LogP contribution in [-0.4, -0.2) is 26.1 Å². The Balaban J connectivity index is 1.87. The maximum atomic E-state index is 12.5. The molecule has 0 aromatic heterocycles. The van der Waals surface area contributed by atoms with Crippen molar-refractivity contribution in [3.05, 3.63) is 73.1 Å². The van der Waals surface area contributed by atoms with Gasteiger partial charge in [0.05, 0.1) is 16.4 Å². The summed E-state index contributed by atoms with van der Waals surface area (Å²) < 4.78 is 0.789. The number of carbonyl (C=O) groups is 2. The summed E-state index contributed by atoms with van der Waals surface area (Å²) in [4.78, 5) is 36.2. The zero-order chi connectivity index (χ0) is 18.8. The van der Waals surface area contributed by atoms with Crippen LogP contribution in [0.5, 0.6) is 5.75 Å². The Bertz CT molecular complexity index is 960. The number of amides is 2. The molecule has 0 saturated carbocycles. The smallest absolute Gasteiger partial charge is 0.311 e. The van der Waals surface area contributed by atoms with Crippen molar-refractivity contribution in [2.75, 3.05) is 0 Å². The Kier molecular flexibility index (Phi) is 5.10. The first-order valence-electron chi connectivity index (χ1n) is 7.33. The van der Waals surface area contributed by atoms with Crippen molar-refractivity contribution >= 4 is 50.6 Å². The highest BCUT2D eigenvalue weighted by molar-refractivity contribution is 9.10. The van der Waals surface area contributed by atoms with Crippen molar-refractivity contribution in [1.29, 1.82) is 0 Å². The average Bonchev–Trinajstić information content (AvgIpc) is 2.85. The molecule has 1 N–H and O–H groups in total. The summed E-state index contributed by atoms with van der Waals surface area (Å²) in [6, 6.07) is 11.0. The fourth-order valence-corrected chi connectivity index (χ4v) is 3.61. The van der Waals surface area contributed by atoms with Gasteiger partial charge in [0.25, 0.3) is 11.1 Å². The summed E-state index contributed by atoms with van der Waals surface area (Å²) >= 11 is 4.15. The fourth-order valence-electron chi connectivity index (χ4n) is 2.36. The van der Waals surface area contributed by atoms with Crippen LogP contribution in [0.4, 0.5) is 10.5 Å². The number of carbonyl (C=O) groups excluding carboxylic acids is 2. The number of phenolic OH excluding ortho intramolecular Hbond substituents is 1. The van der Waals surface area contributed by atoms with Gasteiger partial charge in [-0.15, -0.1) is 0 Å². The van der Waals surface area contributed by atoms with E-state index in [1.54, 1.807) is 6.07 Å². The second-order valence-corrected chi connectivity index (χ2v) is 7.21. The van der Waals surface area contributed by atoms with Crippen molar-refractivity contribution in [2.24, 2.45) is 0 Å². The van der Waals surface area contributed by atoms with Crippen LogP contribution >= 0.6 is 27.7 Å². The quantitative estimate of drug-likeness (QED) is 0.437. The average molecular weight is 435 g/mol. The summed E-state index contributed by atoms with van der Waals surface area (Å²) in [6.07, 6.45) is 1.40. The van der Waals surface area contributed by atoms with Crippen molar-refractivity contribution in [3.8, 4) is 5.75 Å². The molecular weight excluding hydrogens is 424 g/mol. The number of nitro benzene ring substituents is 1. The van der Waals surface area contributed by atoms with E-state index in [0.717, 1.165) is 32.8 Å². The molecule has 0 spiro atoms. The fraction of sp³-hybridized carbons (Fsp3) is 0.0588. The first-order valence-corrected chi connectivity index (χ1v) is 8.94. The van der Waals surface area contributed by atoms with Crippen LogP contribution in [-0.2, 0) is 11.3 Å². The monoisotopic (exact) mass is 434 g/mol. The number of nitrogens with zero attached hydrogens (tertiary/aromatic N) is 2. The molecule has 0 aliphatic carbocycles. The topological polar surface area (TPSA) is 101 Å². The van der Waals surface area contributed by atoms with E-state index in [4.69, 9.17) is 0 Å². The highest BCUT2D eigenvalue weighted by Gasteiger charge is 2.35. The van der Waals surface area contributed by atoms with Gasteiger partial charge in [0.2, 0.25) is 0 Å². The second-order valence-electron chi connectivity index (χ2n) is 5.36. The number of rotatable bonds is 4. The minimum absolute atomic E-state index is 0.124. The molecule has 26 heavy (non-hydrogen) atoms. The number of halogens is 1. The summed E-state index contributed by atoms with van der Waals surface area (Å²) in [6.45, 7) is 0.124. The first kappa shape index (κ1) is 18.2. The van der Waals surface area contributed by atoms with Crippen LogP contribution < -0.4 is 0 Å². The number of hydrogen-bond acceptors (Lipinski definition) is 6. The van der Waals surface area contributed by atoms with E-state index in [9.17, 15) is 24.8 Å². The molecule has 0 radical (unpaired) electrons. The highest BCUT2D eigenvalue weighted by atomic mass is 79.9. The van der Waals surface area contributed by atoms with E-state index in [1.165, 1.54) is 18.2 Å². The van der Waals surface area contributed by atoms with Crippen molar-refractivity contribution < 1.29 is 19.6 Å². The molecule has 1 fully saturated rings. The Labute approximate surface area is 160 Å². The lowest BCUT2D eigenvalue weighted by atomic mass is 10.1. The molecule has 2 amide bonds. The largest absolute Gasteiger partial charge is 0.502 e. The van der Waals surface area contributed by atoms with Crippen LogP contribution in [0.2, 0.25) is 0 Å². The molecule has 0 atom stereocenters. The summed E-state index contributed by atoms with van der Waals surface area (Å²) in [5.74, 6) is -0.930. The van der Waals surface area contributed by atoms with Crippen LogP contribution in [0.15, 0.2) is 51.8 Å². The number of imide groups is 1. The third-order valence-electron chi connectivity index (χ3n) is 3.65. The molecule has 132 valence electrons. The van der Waals surface area contributed by atoms with Crippen LogP contribution in [0.1, 0.15) is 11.1 Å².